The lowest BCUT2D eigenvalue weighted by Gasteiger charge is -2.24. The smallest absolute Gasteiger partial charge is 0.317 e. The normalized spacial score (nSPS) is 24.4. The maximum absolute atomic E-state index is 12.0. The molecule has 0 aromatic carbocycles. The summed E-state index contributed by atoms with van der Waals surface area (Å²) in [6, 6.07) is 0.715. The molecule has 92 valence electrons. The summed E-state index contributed by atoms with van der Waals surface area (Å²) in [7, 11) is 0. The van der Waals surface area contributed by atoms with Crippen LogP contribution in [0.4, 0.5) is 4.79 Å². The Morgan fingerprint density at radius 1 is 1.44 bits per heavy atom. The van der Waals surface area contributed by atoms with Crippen LogP contribution in [0.3, 0.4) is 0 Å². The van der Waals surface area contributed by atoms with Crippen LogP contribution < -0.4 is 11.1 Å². The topological polar surface area (TPSA) is 67.6 Å². The predicted molar refractivity (Wildman–Crippen MR) is 61.2 cm³/mol. The van der Waals surface area contributed by atoms with E-state index in [2.05, 4.69) is 5.32 Å². The summed E-state index contributed by atoms with van der Waals surface area (Å²) in [6.07, 6.45) is 4.09. The zero-order chi connectivity index (χ0) is 11.4. The van der Waals surface area contributed by atoms with Gasteiger partial charge in [0.2, 0.25) is 0 Å². The van der Waals surface area contributed by atoms with E-state index in [0.29, 0.717) is 19.2 Å². The molecule has 2 rings (SSSR count). The van der Waals surface area contributed by atoms with Crippen molar-refractivity contribution in [1.29, 1.82) is 0 Å². The molecule has 5 nitrogen and oxygen atoms in total. The second-order valence-electron chi connectivity index (χ2n) is 4.58. The molecule has 0 aromatic heterocycles. The number of hydrogen-bond donors (Lipinski definition) is 2. The summed E-state index contributed by atoms with van der Waals surface area (Å²) in [5.41, 5.74) is 5.48. The molecular formula is C11H21N3O2. The van der Waals surface area contributed by atoms with Crippen molar-refractivity contribution >= 4 is 6.03 Å². The SMILES string of the molecule is NCCCN(C(=O)NC1CCOC1)C1CC1. The lowest BCUT2D eigenvalue weighted by Crippen LogP contribution is -2.46. The summed E-state index contributed by atoms with van der Waals surface area (Å²) < 4.78 is 5.24. The average molecular weight is 227 g/mol. The number of nitrogens with zero attached hydrogens (tertiary/aromatic N) is 1. The number of carbonyl (C=O) groups excluding carboxylic acids is 1. The van der Waals surface area contributed by atoms with Crippen molar-refractivity contribution in [2.75, 3.05) is 26.3 Å². The van der Waals surface area contributed by atoms with Crippen LogP contribution in [0, 0.1) is 0 Å². The van der Waals surface area contributed by atoms with Crippen LogP contribution in [0.15, 0.2) is 0 Å². The van der Waals surface area contributed by atoms with Crippen LogP contribution in [-0.2, 0) is 4.74 Å². The molecule has 16 heavy (non-hydrogen) atoms. The first-order chi connectivity index (χ1) is 7.81. The van der Waals surface area contributed by atoms with Gasteiger partial charge in [-0.05, 0) is 32.2 Å². The highest BCUT2D eigenvalue weighted by Gasteiger charge is 2.33. The summed E-state index contributed by atoms with van der Waals surface area (Å²) in [5, 5.41) is 3.03. The minimum atomic E-state index is 0.0615. The molecule has 0 radical (unpaired) electrons. The van der Waals surface area contributed by atoms with E-state index in [0.717, 1.165) is 38.8 Å². The van der Waals surface area contributed by atoms with Gasteiger partial charge in [0, 0.05) is 19.2 Å². The summed E-state index contributed by atoms with van der Waals surface area (Å²) in [5.74, 6) is 0. The first-order valence-corrected chi connectivity index (χ1v) is 6.16. The zero-order valence-corrected chi connectivity index (χ0v) is 9.65. The summed E-state index contributed by atoms with van der Waals surface area (Å²) in [6.45, 7) is 2.84. The monoisotopic (exact) mass is 227 g/mol. The largest absolute Gasteiger partial charge is 0.379 e. The van der Waals surface area contributed by atoms with Gasteiger partial charge in [0.1, 0.15) is 0 Å². The highest BCUT2D eigenvalue weighted by atomic mass is 16.5. The van der Waals surface area contributed by atoms with E-state index >= 15 is 0 Å². The number of rotatable bonds is 5. The molecule has 2 fully saturated rings. The standard InChI is InChI=1S/C11H21N3O2/c12-5-1-6-14(10-2-3-10)11(15)13-9-4-7-16-8-9/h9-10H,1-8,12H2,(H,13,15). The Balaban J connectivity index is 1.78. The number of carbonyl (C=O) groups is 1. The van der Waals surface area contributed by atoms with Crippen molar-refractivity contribution in [2.45, 2.75) is 37.8 Å². The van der Waals surface area contributed by atoms with Gasteiger partial charge in [-0.2, -0.15) is 0 Å². The van der Waals surface area contributed by atoms with E-state index in [9.17, 15) is 4.79 Å². The van der Waals surface area contributed by atoms with Gasteiger partial charge in [-0.1, -0.05) is 0 Å². The van der Waals surface area contributed by atoms with Gasteiger partial charge in [0.25, 0.3) is 0 Å². The van der Waals surface area contributed by atoms with Crippen molar-refractivity contribution in [1.82, 2.24) is 10.2 Å². The third-order valence-electron chi connectivity index (χ3n) is 3.11. The fourth-order valence-electron chi connectivity index (χ4n) is 2.00. The number of nitrogens with one attached hydrogen (secondary N) is 1. The highest BCUT2D eigenvalue weighted by Crippen LogP contribution is 2.27. The van der Waals surface area contributed by atoms with Crippen LogP contribution >= 0.6 is 0 Å². The minimum Gasteiger partial charge on any atom is -0.379 e. The highest BCUT2D eigenvalue weighted by molar-refractivity contribution is 5.75. The molecule has 0 aromatic rings. The third kappa shape index (κ3) is 3.09. The molecule has 1 aliphatic heterocycles. The van der Waals surface area contributed by atoms with E-state index in [4.69, 9.17) is 10.5 Å². The fourth-order valence-corrected chi connectivity index (χ4v) is 2.00. The Kier molecular flexibility index (Phi) is 4.01. The van der Waals surface area contributed by atoms with Crippen molar-refractivity contribution in [3.8, 4) is 0 Å². The van der Waals surface area contributed by atoms with Crippen LogP contribution in [0.25, 0.3) is 0 Å². The minimum absolute atomic E-state index is 0.0615. The molecule has 5 heteroatoms. The summed E-state index contributed by atoms with van der Waals surface area (Å²) in [4.78, 5) is 13.9. The molecule has 1 atom stereocenters. The molecule has 2 amide bonds. The molecular weight excluding hydrogens is 206 g/mol. The van der Waals surface area contributed by atoms with Gasteiger partial charge in [0.05, 0.1) is 12.6 Å². The number of amides is 2. The third-order valence-corrected chi connectivity index (χ3v) is 3.11. The number of ether oxygens (including phenoxy) is 1. The second kappa shape index (κ2) is 5.50. The molecule has 2 aliphatic rings. The summed E-state index contributed by atoms with van der Waals surface area (Å²) >= 11 is 0. The molecule has 1 saturated carbocycles. The van der Waals surface area contributed by atoms with Crippen molar-refractivity contribution in [3.63, 3.8) is 0 Å². The Morgan fingerprint density at radius 3 is 2.81 bits per heavy atom. The quantitative estimate of drug-likeness (QED) is 0.709. The van der Waals surface area contributed by atoms with Gasteiger partial charge in [-0.25, -0.2) is 4.79 Å². The first-order valence-electron chi connectivity index (χ1n) is 6.16. The maximum atomic E-state index is 12.0. The molecule has 3 N–H and O–H groups in total. The molecule has 1 saturated heterocycles. The molecule has 1 heterocycles. The molecule has 1 unspecified atom stereocenters. The van der Waals surface area contributed by atoms with Gasteiger partial charge in [-0.15, -0.1) is 0 Å². The lowest BCUT2D eigenvalue weighted by atomic mass is 10.2. The van der Waals surface area contributed by atoms with E-state index < -0.39 is 0 Å². The van der Waals surface area contributed by atoms with Gasteiger partial charge >= 0.3 is 6.03 Å². The number of hydrogen-bond acceptors (Lipinski definition) is 3. The van der Waals surface area contributed by atoms with E-state index in [-0.39, 0.29) is 12.1 Å². The zero-order valence-electron chi connectivity index (χ0n) is 9.65. The van der Waals surface area contributed by atoms with Crippen molar-refractivity contribution < 1.29 is 9.53 Å². The number of urea groups is 1. The second-order valence-corrected chi connectivity index (χ2v) is 4.58. The van der Waals surface area contributed by atoms with Crippen LogP contribution in [-0.4, -0.2) is 49.3 Å². The maximum Gasteiger partial charge on any atom is 0.317 e. The van der Waals surface area contributed by atoms with Crippen molar-refractivity contribution in [2.24, 2.45) is 5.73 Å². The molecule has 0 spiro atoms. The van der Waals surface area contributed by atoms with Gasteiger partial charge in [-0.3, -0.25) is 0 Å². The first kappa shape index (κ1) is 11.7. The molecule has 1 aliphatic carbocycles. The number of nitrogens with two attached hydrogens (primary N) is 1. The van der Waals surface area contributed by atoms with Crippen LogP contribution in [0.2, 0.25) is 0 Å². The van der Waals surface area contributed by atoms with Gasteiger partial charge < -0.3 is 20.7 Å². The predicted octanol–water partition coefficient (Wildman–Crippen LogP) is 0.298. The van der Waals surface area contributed by atoms with Crippen LogP contribution in [0.5, 0.6) is 0 Å². The Morgan fingerprint density at radius 2 is 2.25 bits per heavy atom. The Bertz CT molecular complexity index is 237. The lowest BCUT2D eigenvalue weighted by molar-refractivity contribution is 0.176. The van der Waals surface area contributed by atoms with Crippen molar-refractivity contribution in [3.05, 3.63) is 0 Å². The fraction of sp³-hybridized carbons (Fsp3) is 0.909. The Hall–Kier alpha value is -0.810. The van der Waals surface area contributed by atoms with E-state index in [1.807, 2.05) is 4.90 Å². The average Bonchev–Trinajstić information content (AvgIpc) is 2.98. The van der Waals surface area contributed by atoms with Crippen LogP contribution in [0.1, 0.15) is 25.7 Å². The molecule has 0 bridgehead atoms. The van der Waals surface area contributed by atoms with E-state index in [1.54, 1.807) is 0 Å². The Labute approximate surface area is 96.3 Å². The van der Waals surface area contributed by atoms with Gasteiger partial charge in [0.15, 0.2) is 0 Å². The van der Waals surface area contributed by atoms with E-state index in [1.165, 1.54) is 0 Å².